The Balaban J connectivity index is 1.25. The lowest BCUT2D eigenvalue weighted by atomic mass is 10.2. The lowest BCUT2D eigenvalue weighted by molar-refractivity contribution is -0.385. The molecule has 1 heterocycles. The van der Waals surface area contributed by atoms with E-state index in [2.05, 4.69) is 5.32 Å². The third-order valence-corrected chi connectivity index (χ3v) is 8.56. The SMILES string of the molecule is COc1ccc(COC(=O)N2CCN(C(=O)CSC[C@H](NC(=O)OCc3ccc([N+](=O)[O-])cc3)C(=O)OCc3ccc([N+](=O)[O-])cc3)CC2)cc1. The van der Waals surface area contributed by atoms with E-state index in [1.807, 2.05) is 0 Å². The van der Waals surface area contributed by atoms with Crippen LogP contribution < -0.4 is 10.1 Å². The molecule has 3 aromatic carbocycles. The Kier molecular flexibility index (Phi) is 13.9. The topological polar surface area (TPSA) is 210 Å². The van der Waals surface area contributed by atoms with Gasteiger partial charge in [0.25, 0.3) is 11.4 Å². The summed E-state index contributed by atoms with van der Waals surface area (Å²) >= 11 is 1.08. The highest BCUT2D eigenvalue weighted by atomic mass is 32.2. The molecule has 1 aliphatic heterocycles. The van der Waals surface area contributed by atoms with E-state index >= 15 is 0 Å². The van der Waals surface area contributed by atoms with Crippen molar-refractivity contribution in [2.24, 2.45) is 0 Å². The number of methoxy groups -OCH3 is 1. The molecule has 1 saturated heterocycles. The quantitative estimate of drug-likeness (QED) is 0.102. The number of rotatable bonds is 15. The molecule has 51 heavy (non-hydrogen) atoms. The summed E-state index contributed by atoms with van der Waals surface area (Å²) in [4.78, 5) is 74.9. The molecule has 0 aliphatic carbocycles. The number of esters is 1. The number of carbonyl (C=O) groups is 4. The Morgan fingerprint density at radius 3 is 1.71 bits per heavy atom. The highest BCUT2D eigenvalue weighted by Gasteiger charge is 2.27. The van der Waals surface area contributed by atoms with Gasteiger partial charge >= 0.3 is 18.2 Å². The van der Waals surface area contributed by atoms with Crippen LogP contribution >= 0.6 is 11.8 Å². The van der Waals surface area contributed by atoms with Crippen molar-refractivity contribution < 1.29 is 48.0 Å². The molecular weight excluding hydrogens is 690 g/mol. The number of amides is 3. The Hall–Kier alpha value is -5.91. The van der Waals surface area contributed by atoms with Crippen LogP contribution in [-0.2, 0) is 43.6 Å². The minimum atomic E-state index is -1.23. The highest BCUT2D eigenvalue weighted by molar-refractivity contribution is 8.00. The molecule has 1 atom stereocenters. The van der Waals surface area contributed by atoms with Gasteiger partial charge in [0.2, 0.25) is 5.91 Å². The van der Waals surface area contributed by atoms with Gasteiger partial charge in [-0.15, -0.1) is 11.8 Å². The van der Waals surface area contributed by atoms with Crippen LogP contribution in [0.25, 0.3) is 0 Å². The highest BCUT2D eigenvalue weighted by Crippen LogP contribution is 2.16. The van der Waals surface area contributed by atoms with Gasteiger partial charge in [-0.2, -0.15) is 0 Å². The average Bonchev–Trinajstić information content (AvgIpc) is 3.15. The Labute approximate surface area is 296 Å². The van der Waals surface area contributed by atoms with Gasteiger partial charge in [-0.1, -0.05) is 12.1 Å². The lowest BCUT2D eigenvalue weighted by Gasteiger charge is -2.34. The van der Waals surface area contributed by atoms with E-state index in [-0.39, 0.29) is 74.8 Å². The fourth-order valence-electron chi connectivity index (χ4n) is 4.64. The van der Waals surface area contributed by atoms with Crippen LogP contribution in [0, 0.1) is 20.2 Å². The Morgan fingerprint density at radius 2 is 1.20 bits per heavy atom. The first-order chi connectivity index (χ1) is 24.5. The maximum atomic E-state index is 13.0. The number of non-ortho nitro benzene ring substituents is 2. The van der Waals surface area contributed by atoms with Crippen molar-refractivity contribution >= 4 is 47.2 Å². The van der Waals surface area contributed by atoms with E-state index in [4.69, 9.17) is 18.9 Å². The first-order valence-electron chi connectivity index (χ1n) is 15.5. The second-order valence-electron chi connectivity index (χ2n) is 11.0. The smallest absolute Gasteiger partial charge is 0.410 e. The number of nitrogens with zero attached hydrogens (tertiary/aromatic N) is 4. The van der Waals surface area contributed by atoms with Crippen LogP contribution in [0.3, 0.4) is 0 Å². The second-order valence-corrected chi connectivity index (χ2v) is 12.0. The molecule has 0 bridgehead atoms. The fraction of sp³-hybridized carbons (Fsp3) is 0.333. The lowest BCUT2D eigenvalue weighted by Crippen LogP contribution is -2.51. The summed E-state index contributed by atoms with van der Waals surface area (Å²) in [5.74, 6) is -0.468. The molecular formula is C33H35N5O12S. The third-order valence-electron chi connectivity index (χ3n) is 7.54. The largest absolute Gasteiger partial charge is 0.497 e. The van der Waals surface area contributed by atoms with Crippen molar-refractivity contribution in [2.45, 2.75) is 25.9 Å². The maximum absolute atomic E-state index is 13.0. The van der Waals surface area contributed by atoms with Gasteiger partial charge in [0.05, 0.1) is 22.7 Å². The zero-order valence-electron chi connectivity index (χ0n) is 27.5. The number of nitrogens with one attached hydrogen (secondary N) is 1. The van der Waals surface area contributed by atoms with Gasteiger partial charge < -0.3 is 34.1 Å². The Bertz CT molecular complexity index is 1680. The second kappa shape index (κ2) is 18.7. The summed E-state index contributed by atoms with van der Waals surface area (Å²) in [5, 5.41) is 24.2. The maximum Gasteiger partial charge on any atom is 0.410 e. The first kappa shape index (κ1) is 37.9. The minimum Gasteiger partial charge on any atom is -0.497 e. The van der Waals surface area contributed by atoms with Crippen LogP contribution in [0.1, 0.15) is 16.7 Å². The van der Waals surface area contributed by atoms with Crippen LogP contribution in [0.5, 0.6) is 5.75 Å². The van der Waals surface area contributed by atoms with Crippen molar-refractivity contribution in [3.8, 4) is 5.75 Å². The number of carbonyl (C=O) groups excluding carboxylic acids is 4. The molecule has 1 N–H and O–H groups in total. The van der Waals surface area contributed by atoms with E-state index in [1.54, 1.807) is 36.3 Å². The standard InChI is InChI=1S/C33H35N5O12S/c1-47-28-12-6-25(7-13-28)20-50-33(42)36-16-14-35(15-17-36)30(39)22-51-21-29(31(40)48-18-23-2-8-26(9-3-23)37(43)44)34-32(41)49-19-24-4-10-27(11-5-24)38(45)46/h2-13,29H,14-22H2,1H3,(H,34,41)/t29-/m0/s1. The predicted octanol–water partition coefficient (Wildman–Crippen LogP) is 4.06. The monoisotopic (exact) mass is 725 g/mol. The van der Waals surface area contributed by atoms with E-state index in [0.717, 1.165) is 17.3 Å². The molecule has 0 aromatic heterocycles. The molecule has 0 spiro atoms. The summed E-state index contributed by atoms with van der Waals surface area (Å²) in [5.41, 5.74) is 1.48. The van der Waals surface area contributed by atoms with Gasteiger partial charge in [-0.05, 0) is 53.1 Å². The van der Waals surface area contributed by atoms with Crippen LogP contribution in [-0.4, -0.2) is 94.5 Å². The molecule has 0 radical (unpaired) electrons. The molecule has 1 fully saturated rings. The average molecular weight is 726 g/mol. The number of hydrogen-bond acceptors (Lipinski definition) is 13. The number of nitro groups is 2. The van der Waals surface area contributed by atoms with Crippen LogP contribution in [0.4, 0.5) is 21.0 Å². The number of alkyl carbamates (subject to hydrolysis) is 1. The number of ether oxygens (including phenoxy) is 4. The van der Waals surface area contributed by atoms with Gasteiger partial charge in [0.1, 0.15) is 31.6 Å². The molecule has 18 heteroatoms. The molecule has 4 rings (SSSR count). The predicted molar refractivity (Wildman–Crippen MR) is 182 cm³/mol. The van der Waals surface area contributed by atoms with Gasteiger partial charge in [0.15, 0.2) is 0 Å². The molecule has 270 valence electrons. The molecule has 3 amide bonds. The van der Waals surface area contributed by atoms with E-state index in [1.165, 1.54) is 53.4 Å². The molecule has 0 saturated carbocycles. The van der Waals surface area contributed by atoms with Gasteiger partial charge in [-0.25, -0.2) is 14.4 Å². The third kappa shape index (κ3) is 11.9. The van der Waals surface area contributed by atoms with Crippen molar-refractivity contribution in [3.63, 3.8) is 0 Å². The van der Waals surface area contributed by atoms with Crippen molar-refractivity contribution in [1.82, 2.24) is 15.1 Å². The number of nitro benzene ring substituents is 2. The number of thioether (sulfide) groups is 1. The molecule has 17 nitrogen and oxygen atoms in total. The van der Waals surface area contributed by atoms with Crippen molar-refractivity contribution in [1.29, 1.82) is 0 Å². The summed E-state index contributed by atoms with van der Waals surface area (Å²) in [6, 6.07) is 16.7. The van der Waals surface area contributed by atoms with E-state index in [0.29, 0.717) is 16.9 Å². The van der Waals surface area contributed by atoms with E-state index in [9.17, 15) is 39.4 Å². The zero-order chi connectivity index (χ0) is 36.8. The Morgan fingerprint density at radius 1 is 0.725 bits per heavy atom. The first-order valence-corrected chi connectivity index (χ1v) is 16.6. The summed E-state index contributed by atoms with van der Waals surface area (Å²) in [7, 11) is 1.56. The minimum absolute atomic E-state index is 0.0342. The zero-order valence-corrected chi connectivity index (χ0v) is 28.3. The van der Waals surface area contributed by atoms with Crippen LogP contribution in [0.2, 0.25) is 0 Å². The van der Waals surface area contributed by atoms with E-state index < -0.39 is 34.0 Å². The molecule has 1 aliphatic rings. The fourth-order valence-corrected chi connectivity index (χ4v) is 5.57. The van der Waals surface area contributed by atoms with Gasteiger partial charge in [-0.3, -0.25) is 25.0 Å². The molecule has 0 unspecified atom stereocenters. The summed E-state index contributed by atoms with van der Waals surface area (Å²) < 4.78 is 21.1. The van der Waals surface area contributed by atoms with Crippen LogP contribution in [0.15, 0.2) is 72.8 Å². The number of piperazine rings is 1. The summed E-state index contributed by atoms with van der Waals surface area (Å²) in [6.45, 7) is 0.740. The van der Waals surface area contributed by atoms with Crippen molar-refractivity contribution in [3.05, 3.63) is 110 Å². The van der Waals surface area contributed by atoms with Gasteiger partial charge in [0, 0.05) is 56.2 Å². The number of hydrogen-bond donors (Lipinski definition) is 1. The van der Waals surface area contributed by atoms with Crippen molar-refractivity contribution in [2.75, 3.05) is 44.8 Å². The summed E-state index contributed by atoms with van der Waals surface area (Å²) in [6.07, 6.45) is -1.46. The normalized spacial score (nSPS) is 13.0. The molecule has 3 aromatic rings. The number of benzene rings is 3.